The molecule has 0 aliphatic rings. The Bertz CT molecular complexity index is 180. The Kier molecular flexibility index (Phi) is 9.28. The van der Waals surface area contributed by atoms with Gasteiger partial charge in [0.2, 0.25) is 0 Å². The summed E-state index contributed by atoms with van der Waals surface area (Å²) in [6.45, 7) is 4.25. The molecule has 5 heteroatoms. The SMILES string of the molecule is C[CH]C(Br)(C(C)CBr)C(CCl)C(Br)CCl. The number of halogens is 5. The highest BCUT2D eigenvalue weighted by atomic mass is 79.9. The van der Waals surface area contributed by atoms with E-state index in [0.717, 1.165) is 5.33 Å². The summed E-state index contributed by atoms with van der Waals surface area (Å²) in [4.78, 5) is 0.216. The maximum absolute atomic E-state index is 6.05. The monoisotopic (exact) mass is 443 g/mol. The van der Waals surface area contributed by atoms with Gasteiger partial charge in [-0.25, -0.2) is 0 Å². The molecule has 0 aromatic rings. The van der Waals surface area contributed by atoms with E-state index in [-0.39, 0.29) is 15.1 Å². The summed E-state index contributed by atoms with van der Waals surface area (Å²) in [6.07, 6.45) is 2.17. The molecule has 1 radical (unpaired) electrons. The van der Waals surface area contributed by atoms with E-state index in [9.17, 15) is 0 Å². The molecule has 0 aromatic heterocycles. The molecule has 4 unspecified atom stereocenters. The molecule has 0 aliphatic heterocycles. The summed E-state index contributed by atoms with van der Waals surface area (Å²) >= 11 is 22.9. The molecule has 91 valence electrons. The Morgan fingerprint density at radius 2 is 1.87 bits per heavy atom. The maximum Gasteiger partial charge on any atom is 0.0370 e. The van der Waals surface area contributed by atoms with E-state index >= 15 is 0 Å². The fourth-order valence-electron chi connectivity index (χ4n) is 1.58. The molecular formula is C10H16Br3Cl2. The van der Waals surface area contributed by atoms with Crippen LogP contribution in [0.15, 0.2) is 0 Å². The van der Waals surface area contributed by atoms with Crippen molar-refractivity contribution in [3.63, 3.8) is 0 Å². The maximum atomic E-state index is 6.05. The zero-order valence-corrected chi connectivity index (χ0v) is 15.1. The molecule has 0 amide bonds. The smallest absolute Gasteiger partial charge is 0.0370 e. The molecule has 0 rings (SSSR count). The van der Waals surface area contributed by atoms with Crippen LogP contribution in [0.5, 0.6) is 0 Å². The standard InChI is InChI=1S/C10H16Br3Cl2/c1-3-10(13,7(2)4-11)8(5-14)9(12)6-15/h3,7-9H,4-6H2,1-2H3. The minimum atomic E-state index is -0.0820. The largest absolute Gasteiger partial charge is 0.126 e. The van der Waals surface area contributed by atoms with Gasteiger partial charge in [0.15, 0.2) is 0 Å². The van der Waals surface area contributed by atoms with Crippen molar-refractivity contribution in [2.45, 2.75) is 23.0 Å². The van der Waals surface area contributed by atoms with Crippen molar-refractivity contribution in [3.8, 4) is 0 Å². The lowest BCUT2D eigenvalue weighted by Gasteiger charge is -2.40. The van der Waals surface area contributed by atoms with E-state index in [0.29, 0.717) is 17.7 Å². The second-order valence-electron chi connectivity index (χ2n) is 3.60. The summed E-state index contributed by atoms with van der Waals surface area (Å²) in [5.74, 6) is 1.87. The third-order valence-electron chi connectivity index (χ3n) is 2.75. The van der Waals surface area contributed by atoms with Crippen molar-refractivity contribution in [2.24, 2.45) is 11.8 Å². The molecule has 0 saturated heterocycles. The molecule has 0 saturated carbocycles. The van der Waals surface area contributed by atoms with Crippen LogP contribution in [0.25, 0.3) is 0 Å². The Hall–Kier alpha value is 2.02. The van der Waals surface area contributed by atoms with Crippen LogP contribution in [0.3, 0.4) is 0 Å². The predicted octanol–water partition coefficient (Wildman–Crippen LogP) is 5.23. The molecule has 0 heterocycles. The second kappa shape index (κ2) is 8.18. The quantitative estimate of drug-likeness (QED) is 0.470. The van der Waals surface area contributed by atoms with Gasteiger partial charge in [0, 0.05) is 32.2 Å². The minimum Gasteiger partial charge on any atom is -0.126 e. The van der Waals surface area contributed by atoms with Crippen molar-refractivity contribution in [3.05, 3.63) is 6.42 Å². The Morgan fingerprint density at radius 1 is 1.33 bits per heavy atom. The van der Waals surface area contributed by atoms with Crippen molar-refractivity contribution >= 4 is 71.0 Å². The second-order valence-corrected chi connectivity index (χ2v) is 7.42. The van der Waals surface area contributed by atoms with Crippen molar-refractivity contribution in [1.29, 1.82) is 0 Å². The third kappa shape index (κ3) is 4.31. The molecule has 0 aliphatic carbocycles. The molecular weight excluding hydrogens is 431 g/mol. The van der Waals surface area contributed by atoms with Crippen LogP contribution in [-0.4, -0.2) is 26.2 Å². The van der Waals surface area contributed by atoms with Gasteiger partial charge in [-0.05, 0) is 12.3 Å². The Morgan fingerprint density at radius 3 is 2.13 bits per heavy atom. The van der Waals surface area contributed by atoms with Gasteiger partial charge < -0.3 is 0 Å². The third-order valence-corrected chi connectivity index (χ3v) is 7.55. The van der Waals surface area contributed by atoms with Crippen LogP contribution >= 0.6 is 71.0 Å². The molecule has 0 aromatic carbocycles. The van der Waals surface area contributed by atoms with Crippen LogP contribution in [0.4, 0.5) is 0 Å². The van der Waals surface area contributed by atoms with Gasteiger partial charge in [0.25, 0.3) is 0 Å². The van der Waals surface area contributed by atoms with Gasteiger partial charge in [-0.1, -0.05) is 61.6 Å². The van der Waals surface area contributed by atoms with Gasteiger partial charge >= 0.3 is 0 Å². The van der Waals surface area contributed by atoms with Crippen LogP contribution < -0.4 is 0 Å². The summed E-state index contributed by atoms with van der Waals surface area (Å²) in [6, 6.07) is 0. The molecule has 0 fully saturated rings. The fraction of sp³-hybridized carbons (Fsp3) is 0.900. The average Bonchev–Trinajstić information content (AvgIpc) is 2.27. The summed E-state index contributed by atoms with van der Waals surface area (Å²) in [5, 5.41) is 0.929. The van der Waals surface area contributed by atoms with Gasteiger partial charge in [-0.2, -0.15) is 0 Å². The van der Waals surface area contributed by atoms with Gasteiger partial charge in [-0.3, -0.25) is 0 Å². The first-order chi connectivity index (χ1) is 6.97. The Labute approximate surface area is 128 Å². The molecule has 0 spiro atoms. The highest BCUT2D eigenvalue weighted by Gasteiger charge is 2.42. The van der Waals surface area contributed by atoms with Crippen molar-refractivity contribution in [1.82, 2.24) is 0 Å². The van der Waals surface area contributed by atoms with Crippen LogP contribution in [0.1, 0.15) is 13.8 Å². The van der Waals surface area contributed by atoms with E-state index in [1.807, 2.05) is 0 Å². The fourth-order valence-corrected chi connectivity index (χ4v) is 5.26. The lowest BCUT2D eigenvalue weighted by atomic mass is 9.80. The Balaban J connectivity index is 4.87. The van der Waals surface area contributed by atoms with E-state index in [1.54, 1.807) is 0 Å². The van der Waals surface area contributed by atoms with E-state index in [2.05, 4.69) is 68.1 Å². The average molecular weight is 447 g/mol. The zero-order chi connectivity index (χ0) is 12.1. The van der Waals surface area contributed by atoms with Crippen molar-refractivity contribution in [2.75, 3.05) is 17.1 Å². The molecule has 0 bridgehead atoms. The highest BCUT2D eigenvalue weighted by molar-refractivity contribution is 9.10. The van der Waals surface area contributed by atoms with E-state index in [1.165, 1.54) is 0 Å². The van der Waals surface area contributed by atoms with E-state index in [4.69, 9.17) is 23.2 Å². The lowest BCUT2D eigenvalue weighted by Crippen LogP contribution is -2.44. The van der Waals surface area contributed by atoms with Gasteiger partial charge in [0.05, 0.1) is 0 Å². The topological polar surface area (TPSA) is 0 Å². The van der Waals surface area contributed by atoms with E-state index < -0.39 is 0 Å². The van der Waals surface area contributed by atoms with Gasteiger partial charge in [-0.15, -0.1) is 23.2 Å². The lowest BCUT2D eigenvalue weighted by molar-refractivity contribution is 0.374. The predicted molar refractivity (Wildman–Crippen MR) is 82.2 cm³/mol. The normalized spacial score (nSPS) is 21.8. The van der Waals surface area contributed by atoms with Crippen LogP contribution in [-0.2, 0) is 0 Å². The number of hydrogen-bond acceptors (Lipinski definition) is 0. The van der Waals surface area contributed by atoms with Crippen LogP contribution in [0.2, 0.25) is 0 Å². The minimum absolute atomic E-state index is 0.0820. The number of rotatable bonds is 7. The molecule has 4 atom stereocenters. The van der Waals surface area contributed by atoms with Gasteiger partial charge in [0.1, 0.15) is 0 Å². The zero-order valence-electron chi connectivity index (χ0n) is 8.82. The summed E-state index contributed by atoms with van der Waals surface area (Å²) in [5.41, 5.74) is 0. The molecule has 15 heavy (non-hydrogen) atoms. The number of hydrogen-bond donors (Lipinski definition) is 0. The first-order valence-electron chi connectivity index (χ1n) is 4.79. The first kappa shape index (κ1) is 17.0. The number of alkyl halides is 5. The first-order valence-corrected chi connectivity index (χ1v) is 8.69. The van der Waals surface area contributed by atoms with Crippen LogP contribution in [0, 0.1) is 18.3 Å². The highest BCUT2D eigenvalue weighted by Crippen LogP contribution is 2.43. The van der Waals surface area contributed by atoms with Crippen molar-refractivity contribution < 1.29 is 0 Å². The molecule has 0 N–H and O–H groups in total. The summed E-state index contributed by atoms with van der Waals surface area (Å²) < 4.78 is -0.0820. The molecule has 0 nitrogen and oxygen atoms in total. The summed E-state index contributed by atoms with van der Waals surface area (Å²) in [7, 11) is 0.